The van der Waals surface area contributed by atoms with Crippen LogP contribution in [0.1, 0.15) is 30.9 Å². The van der Waals surface area contributed by atoms with Gasteiger partial charge in [-0.15, -0.1) is 0 Å². The van der Waals surface area contributed by atoms with Gasteiger partial charge in [0.25, 0.3) is 0 Å². The Labute approximate surface area is 78.0 Å². The van der Waals surface area contributed by atoms with Crippen molar-refractivity contribution in [2.75, 3.05) is 6.54 Å². The highest BCUT2D eigenvalue weighted by atomic mass is 16.5. The maximum absolute atomic E-state index is 9.64. The van der Waals surface area contributed by atoms with E-state index in [1.54, 1.807) is 12.4 Å². The van der Waals surface area contributed by atoms with Gasteiger partial charge in [-0.2, -0.15) is 5.06 Å². The Kier molecular flexibility index (Phi) is 2.57. The van der Waals surface area contributed by atoms with E-state index >= 15 is 0 Å². The zero-order chi connectivity index (χ0) is 9.10. The first kappa shape index (κ1) is 8.66. The van der Waals surface area contributed by atoms with Crippen molar-refractivity contribution in [3.05, 3.63) is 30.1 Å². The highest BCUT2D eigenvalue weighted by Crippen LogP contribution is 2.28. The molecule has 0 amide bonds. The van der Waals surface area contributed by atoms with Crippen molar-refractivity contribution in [3.8, 4) is 0 Å². The second-order valence-corrected chi connectivity index (χ2v) is 3.46. The van der Waals surface area contributed by atoms with Gasteiger partial charge in [0, 0.05) is 18.9 Å². The van der Waals surface area contributed by atoms with Crippen molar-refractivity contribution in [1.29, 1.82) is 0 Å². The summed E-state index contributed by atoms with van der Waals surface area (Å²) in [4.78, 5) is 3.97. The minimum absolute atomic E-state index is 0.178. The summed E-state index contributed by atoms with van der Waals surface area (Å²) < 4.78 is 0. The van der Waals surface area contributed by atoms with Gasteiger partial charge in [0.15, 0.2) is 0 Å². The number of hydrogen-bond acceptors (Lipinski definition) is 3. The van der Waals surface area contributed by atoms with Crippen LogP contribution in [0.25, 0.3) is 0 Å². The molecule has 70 valence electrons. The molecule has 2 rings (SSSR count). The molecule has 1 fully saturated rings. The summed E-state index contributed by atoms with van der Waals surface area (Å²) in [5.74, 6) is 0. The van der Waals surface area contributed by atoms with E-state index in [2.05, 4.69) is 4.98 Å². The number of nitrogens with zero attached hydrogens (tertiary/aromatic N) is 2. The molecule has 1 aromatic heterocycles. The van der Waals surface area contributed by atoms with E-state index in [1.165, 1.54) is 11.5 Å². The lowest BCUT2D eigenvalue weighted by molar-refractivity contribution is -0.143. The molecule has 0 aromatic carbocycles. The van der Waals surface area contributed by atoms with E-state index in [9.17, 15) is 5.21 Å². The van der Waals surface area contributed by atoms with Crippen molar-refractivity contribution in [3.63, 3.8) is 0 Å². The summed E-state index contributed by atoms with van der Waals surface area (Å²) in [6.07, 6.45) is 6.89. The Morgan fingerprint density at radius 2 is 2.08 bits per heavy atom. The van der Waals surface area contributed by atoms with Gasteiger partial charge in [-0.05, 0) is 30.5 Å². The Bertz CT molecular complexity index is 263. The molecule has 0 radical (unpaired) electrons. The van der Waals surface area contributed by atoms with Crippen molar-refractivity contribution >= 4 is 0 Å². The quantitative estimate of drug-likeness (QED) is 0.714. The molecule has 1 N–H and O–H groups in total. The van der Waals surface area contributed by atoms with E-state index in [0.717, 1.165) is 24.9 Å². The van der Waals surface area contributed by atoms with E-state index in [0.29, 0.717) is 0 Å². The van der Waals surface area contributed by atoms with Crippen LogP contribution >= 0.6 is 0 Å². The van der Waals surface area contributed by atoms with Crippen LogP contribution in [-0.4, -0.2) is 21.8 Å². The van der Waals surface area contributed by atoms with Gasteiger partial charge in [-0.25, -0.2) is 0 Å². The Morgan fingerprint density at radius 3 is 2.77 bits per heavy atom. The number of pyridine rings is 1. The lowest BCUT2D eigenvalue weighted by Gasteiger charge is -2.30. The number of aromatic nitrogens is 1. The van der Waals surface area contributed by atoms with Gasteiger partial charge in [0.1, 0.15) is 0 Å². The van der Waals surface area contributed by atoms with E-state index in [-0.39, 0.29) is 6.04 Å². The van der Waals surface area contributed by atoms with Gasteiger partial charge in [0.05, 0.1) is 6.04 Å². The molecule has 1 aliphatic rings. The summed E-state index contributed by atoms with van der Waals surface area (Å²) in [5.41, 5.74) is 1.16. The smallest absolute Gasteiger partial charge is 0.0600 e. The number of rotatable bonds is 1. The molecule has 2 heterocycles. The van der Waals surface area contributed by atoms with Crippen LogP contribution in [0.5, 0.6) is 0 Å². The summed E-state index contributed by atoms with van der Waals surface area (Å²) in [6.45, 7) is 0.785. The Morgan fingerprint density at radius 1 is 1.31 bits per heavy atom. The van der Waals surface area contributed by atoms with Gasteiger partial charge in [-0.1, -0.05) is 6.42 Å². The molecular formula is C10H14N2O. The van der Waals surface area contributed by atoms with Crippen LogP contribution in [0, 0.1) is 0 Å². The first-order valence-electron chi connectivity index (χ1n) is 4.73. The first-order chi connectivity index (χ1) is 6.38. The second kappa shape index (κ2) is 3.85. The molecule has 0 saturated carbocycles. The third kappa shape index (κ3) is 1.87. The summed E-state index contributed by atoms with van der Waals surface area (Å²) >= 11 is 0. The first-order valence-corrected chi connectivity index (χ1v) is 4.73. The summed E-state index contributed by atoms with van der Waals surface area (Å²) in [6, 6.07) is 4.12. The molecule has 0 bridgehead atoms. The fourth-order valence-electron chi connectivity index (χ4n) is 1.84. The third-order valence-electron chi connectivity index (χ3n) is 2.57. The fourth-order valence-corrected chi connectivity index (χ4v) is 1.84. The van der Waals surface area contributed by atoms with Gasteiger partial charge in [0.2, 0.25) is 0 Å². The van der Waals surface area contributed by atoms with Gasteiger partial charge in [-0.3, -0.25) is 4.98 Å². The molecule has 1 aliphatic heterocycles. The maximum atomic E-state index is 9.64. The highest BCUT2D eigenvalue weighted by Gasteiger charge is 2.21. The molecule has 1 unspecified atom stereocenters. The lowest BCUT2D eigenvalue weighted by atomic mass is 9.98. The second-order valence-electron chi connectivity index (χ2n) is 3.46. The molecule has 0 spiro atoms. The molecule has 1 aromatic rings. The largest absolute Gasteiger partial charge is 0.313 e. The predicted octanol–water partition coefficient (Wildman–Crippen LogP) is 2.00. The molecule has 1 atom stereocenters. The average molecular weight is 178 g/mol. The van der Waals surface area contributed by atoms with Crippen molar-refractivity contribution < 1.29 is 5.21 Å². The standard InChI is InChI=1S/C10H14N2O/c13-12-8-2-1-3-10(12)9-4-6-11-7-5-9/h4-7,10,13H,1-3,8H2. The van der Waals surface area contributed by atoms with Gasteiger partial charge >= 0.3 is 0 Å². The number of hydroxylamine groups is 2. The zero-order valence-corrected chi connectivity index (χ0v) is 7.56. The van der Waals surface area contributed by atoms with Gasteiger partial charge < -0.3 is 5.21 Å². The molecule has 13 heavy (non-hydrogen) atoms. The maximum Gasteiger partial charge on any atom is 0.0600 e. The van der Waals surface area contributed by atoms with Crippen molar-refractivity contribution in [2.24, 2.45) is 0 Å². The molecular weight excluding hydrogens is 164 g/mol. The Hall–Kier alpha value is -0.930. The summed E-state index contributed by atoms with van der Waals surface area (Å²) in [7, 11) is 0. The zero-order valence-electron chi connectivity index (χ0n) is 7.56. The molecule has 3 heteroatoms. The van der Waals surface area contributed by atoms with E-state index in [4.69, 9.17) is 0 Å². The van der Waals surface area contributed by atoms with Crippen LogP contribution in [0.15, 0.2) is 24.5 Å². The monoisotopic (exact) mass is 178 g/mol. The normalized spacial score (nSPS) is 24.5. The van der Waals surface area contributed by atoms with Crippen LogP contribution in [0.3, 0.4) is 0 Å². The van der Waals surface area contributed by atoms with Crippen LogP contribution < -0.4 is 0 Å². The van der Waals surface area contributed by atoms with Crippen LogP contribution in [0.4, 0.5) is 0 Å². The SMILES string of the molecule is ON1CCCCC1c1ccncc1. The Balaban J connectivity index is 2.15. The molecule has 0 aliphatic carbocycles. The highest BCUT2D eigenvalue weighted by molar-refractivity contribution is 5.15. The van der Waals surface area contributed by atoms with E-state index in [1.807, 2.05) is 12.1 Å². The third-order valence-corrected chi connectivity index (χ3v) is 2.57. The summed E-state index contributed by atoms with van der Waals surface area (Å²) in [5, 5.41) is 11.1. The van der Waals surface area contributed by atoms with Crippen molar-refractivity contribution in [1.82, 2.24) is 10.0 Å². The minimum Gasteiger partial charge on any atom is -0.313 e. The topological polar surface area (TPSA) is 36.4 Å². The molecule has 3 nitrogen and oxygen atoms in total. The molecule has 1 saturated heterocycles. The van der Waals surface area contributed by atoms with Crippen LogP contribution in [0.2, 0.25) is 0 Å². The minimum atomic E-state index is 0.178. The van der Waals surface area contributed by atoms with E-state index < -0.39 is 0 Å². The average Bonchev–Trinajstić information content (AvgIpc) is 2.20. The number of hydrogen-bond donors (Lipinski definition) is 1. The fraction of sp³-hybridized carbons (Fsp3) is 0.500. The van der Waals surface area contributed by atoms with Crippen LogP contribution in [-0.2, 0) is 0 Å². The predicted molar refractivity (Wildman–Crippen MR) is 49.3 cm³/mol. The van der Waals surface area contributed by atoms with Crippen molar-refractivity contribution in [2.45, 2.75) is 25.3 Å². The lowest BCUT2D eigenvalue weighted by Crippen LogP contribution is -2.30. The number of piperidine rings is 1.